The molecule has 38 heavy (non-hydrogen) atoms. The molecule has 1 aromatic carbocycles. The van der Waals surface area contributed by atoms with Gasteiger partial charge in [0.15, 0.2) is 0 Å². The lowest BCUT2D eigenvalue weighted by molar-refractivity contribution is -0.153. The van der Waals surface area contributed by atoms with Crippen molar-refractivity contribution in [3.05, 3.63) is 29.8 Å². The molecule has 2 fully saturated rings. The predicted molar refractivity (Wildman–Crippen MR) is 139 cm³/mol. The second-order valence-electron chi connectivity index (χ2n) is 10.5. The molecule has 6 atom stereocenters. The van der Waals surface area contributed by atoms with E-state index >= 15 is 0 Å². The standard InChI is InChI=1S/C27H40N4O7/c1-16(17(2)32)24(35)30-13-5-7-21(30)25(36)31-14-6-12-27(31,15-19-8-10-20(38-4)11-9-19)26(37)29-22(18(3)33)23(28)34/h8-11,16-18,21-22,32-33H,5-7,12-15H2,1-4H3,(H2,28,34)(H,29,37)/t16-,17+,18+,21-,22-,27+/m0/s1. The van der Waals surface area contributed by atoms with E-state index in [1.54, 1.807) is 26.2 Å². The molecule has 0 spiro atoms. The van der Waals surface area contributed by atoms with E-state index in [2.05, 4.69) is 5.32 Å². The molecule has 11 heteroatoms. The van der Waals surface area contributed by atoms with Crippen molar-refractivity contribution < 1.29 is 34.1 Å². The summed E-state index contributed by atoms with van der Waals surface area (Å²) >= 11 is 0. The summed E-state index contributed by atoms with van der Waals surface area (Å²) in [5.41, 5.74) is 4.85. The molecule has 0 bridgehead atoms. The van der Waals surface area contributed by atoms with E-state index in [1.807, 2.05) is 12.1 Å². The molecule has 2 heterocycles. The number of ether oxygens (including phenoxy) is 1. The van der Waals surface area contributed by atoms with Gasteiger partial charge in [0.05, 0.1) is 25.2 Å². The van der Waals surface area contributed by atoms with Crippen molar-refractivity contribution in [2.24, 2.45) is 11.7 Å². The van der Waals surface area contributed by atoms with Crippen molar-refractivity contribution >= 4 is 23.6 Å². The first-order chi connectivity index (χ1) is 17.9. The number of nitrogens with zero attached hydrogens (tertiary/aromatic N) is 2. The molecule has 0 aliphatic carbocycles. The van der Waals surface area contributed by atoms with Crippen molar-refractivity contribution in [3.63, 3.8) is 0 Å². The SMILES string of the molecule is COc1ccc(C[C@@]2(C(=O)N[C@H](C(N)=O)[C@@H](C)O)CCCN2C(=O)[C@@H]2CCCN2C(=O)[C@@H](C)[C@@H](C)O)cc1. The molecular weight excluding hydrogens is 492 g/mol. The van der Waals surface area contributed by atoms with E-state index in [0.29, 0.717) is 44.5 Å². The lowest BCUT2D eigenvalue weighted by Crippen LogP contribution is -2.65. The van der Waals surface area contributed by atoms with Crippen LogP contribution in [0.1, 0.15) is 52.0 Å². The van der Waals surface area contributed by atoms with Crippen LogP contribution >= 0.6 is 0 Å². The summed E-state index contributed by atoms with van der Waals surface area (Å²) < 4.78 is 5.24. The average Bonchev–Trinajstić information content (AvgIpc) is 3.54. The molecule has 2 aliphatic rings. The molecule has 2 saturated heterocycles. The summed E-state index contributed by atoms with van der Waals surface area (Å²) in [6.07, 6.45) is 0.00617. The lowest BCUT2D eigenvalue weighted by atomic mass is 9.86. The number of primary amides is 1. The number of methoxy groups -OCH3 is 1. The van der Waals surface area contributed by atoms with Crippen LogP contribution in [-0.4, -0.2) is 93.7 Å². The third kappa shape index (κ3) is 5.94. The Morgan fingerprint density at radius 3 is 2.29 bits per heavy atom. The van der Waals surface area contributed by atoms with Crippen LogP contribution in [0.4, 0.5) is 0 Å². The second kappa shape index (κ2) is 12.1. The van der Waals surface area contributed by atoms with E-state index in [-0.39, 0.29) is 18.2 Å². The lowest BCUT2D eigenvalue weighted by Gasteiger charge is -2.41. The summed E-state index contributed by atoms with van der Waals surface area (Å²) in [7, 11) is 1.55. The minimum absolute atomic E-state index is 0.157. The van der Waals surface area contributed by atoms with Crippen LogP contribution in [0, 0.1) is 5.92 Å². The molecule has 0 saturated carbocycles. The zero-order chi connectivity index (χ0) is 28.2. The number of carbonyl (C=O) groups is 4. The maximum absolute atomic E-state index is 14.0. The molecule has 0 unspecified atom stereocenters. The van der Waals surface area contributed by atoms with Crippen LogP contribution in [0.2, 0.25) is 0 Å². The zero-order valence-corrected chi connectivity index (χ0v) is 22.6. The normalized spacial score (nSPS) is 24.4. The van der Waals surface area contributed by atoms with Crippen molar-refractivity contribution in [2.75, 3.05) is 20.2 Å². The summed E-state index contributed by atoms with van der Waals surface area (Å²) in [6, 6.07) is 5.06. The van der Waals surface area contributed by atoms with Crippen LogP contribution in [-0.2, 0) is 25.6 Å². The van der Waals surface area contributed by atoms with Gasteiger partial charge in [-0.25, -0.2) is 0 Å². The monoisotopic (exact) mass is 532 g/mol. The fraction of sp³-hybridized carbons (Fsp3) is 0.630. The Kier molecular flexibility index (Phi) is 9.37. The number of likely N-dealkylation sites (tertiary alicyclic amines) is 2. The molecule has 0 aromatic heterocycles. The maximum atomic E-state index is 14.0. The van der Waals surface area contributed by atoms with Gasteiger partial charge in [0.25, 0.3) is 0 Å². The van der Waals surface area contributed by atoms with Gasteiger partial charge in [-0.2, -0.15) is 0 Å². The first-order valence-corrected chi connectivity index (χ1v) is 13.1. The van der Waals surface area contributed by atoms with Gasteiger partial charge in [0.1, 0.15) is 23.4 Å². The van der Waals surface area contributed by atoms with Gasteiger partial charge in [-0.3, -0.25) is 19.2 Å². The molecule has 0 radical (unpaired) electrons. The van der Waals surface area contributed by atoms with Crippen LogP contribution < -0.4 is 15.8 Å². The van der Waals surface area contributed by atoms with Gasteiger partial charge in [-0.05, 0) is 57.2 Å². The predicted octanol–water partition coefficient (Wildman–Crippen LogP) is -0.0423. The molecule has 2 aliphatic heterocycles. The van der Waals surface area contributed by atoms with Crippen molar-refractivity contribution in [1.82, 2.24) is 15.1 Å². The van der Waals surface area contributed by atoms with Gasteiger partial charge in [-0.15, -0.1) is 0 Å². The smallest absolute Gasteiger partial charge is 0.247 e. The van der Waals surface area contributed by atoms with Crippen molar-refractivity contribution in [3.8, 4) is 5.75 Å². The number of hydrogen-bond donors (Lipinski definition) is 4. The largest absolute Gasteiger partial charge is 0.497 e. The topological polar surface area (TPSA) is 162 Å². The molecular formula is C27H40N4O7. The van der Waals surface area contributed by atoms with Gasteiger partial charge >= 0.3 is 0 Å². The highest BCUT2D eigenvalue weighted by Crippen LogP contribution is 2.36. The Balaban J connectivity index is 1.98. The van der Waals surface area contributed by atoms with Crippen LogP contribution in [0.15, 0.2) is 24.3 Å². The number of hydrogen-bond acceptors (Lipinski definition) is 7. The maximum Gasteiger partial charge on any atom is 0.247 e. The minimum Gasteiger partial charge on any atom is -0.497 e. The van der Waals surface area contributed by atoms with Crippen LogP contribution in [0.25, 0.3) is 0 Å². The van der Waals surface area contributed by atoms with Crippen LogP contribution in [0.5, 0.6) is 5.75 Å². The molecule has 11 nitrogen and oxygen atoms in total. The Hall–Kier alpha value is -3.18. The highest BCUT2D eigenvalue weighted by molar-refractivity contribution is 5.97. The number of carbonyl (C=O) groups excluding carboxylic acids is 4. The van der Waals surface area contributed by atoms with Gasteiger partial charge in [-0.1, -0.05) is 19.1 Å². The van der Waals surface area contributed by atoms with E-state index in [9.17, 15) is 29.4 Å². The molecule has 3 rings (SSSR count). The van der Waals surface area contributed by atoms with Gasteiger partial charge in [0.2, 0.25) is 23.6 Å². The average molecular weight is 533 g/mol. The first-order valence-electron chi connectivity index (χ1n) is 13.1. The first kappa shape index (κ1) is 29.4. The number of benzene rings is 1. The second-order valence-corrected chi connectivity index (χ2v) is 10.5. The Bertz CT molecular complexity index is 1030. The van der Waals surface area contributed by atoms with Gasteiger partial charge in [0, 0.05) is 19.5 Å². The quantitative estimate of drug-likeness (QED) is 0.328. The van der Waals surface area contributed by atoms with Crippen LogP contribution in [0.3, 0.4) is 0 Å². The third-order valence-corrected chi connectivity index (χ3v) is 7.84. The fourth-order valence-corrected chi connectivity index (χ4v) is 5.42. The number of nitrogens with one attached hydrogen (secondary N) is 1. The number of rotatable bonds is 10. The summed E-state index contributed by atoms with van der Waals surface area (Å²) in [6.45, 7) is 5.21. The highest BCUT2D eigenvalue weighted by atomic mass is 16.5. The third-order valence-electron chi connectivity index (χ3n) is 7.84. The fourth-order valence-electron chi connectivity index (χ4n) is 5.42. The number of nitrogens with two attached hydrogens (primary N) is 1. The number of aliphatic hydroxyl groups excluding tert-OH is 2. The van der Waals surface area contributed by atoms with E-state index in [0.717, 1.165) is 5.56 Å². The Morgan fingerprint density at radius 2 is 1.74 bits per heavy atom. The van der Waals surface area contributed by atoms with Gasteiger partial charge < -0.3 is 35.8 Å². The molecule has 210 valence electrons. The van der Waals surface area contributed by atoms with E-state index in [4.69, 9.17) is 10.5 Å². The molecule has 5 N–H and O–H groups in total. The highest BCUT2D eigenvalue weighted by Gasteiger charge is 2.53. The summed E-state index contributed by atoms with van der Waals surface area (Å²) in [5, 5.41) is 22.6. The molecule has 4 amide bonds. The summed E-state index contributed by atoms with van der Waals surface area (Å²) in [5.74, 6) is -2.15. The van der Waals surface area contributed by atoms with Crippen molar-refractivity contribution in [1.29, 1.82) is 0 Å². The number of amides is 4. The summed E-state index contributed by atoms with van der Waals surface area (Å²) in [4.78, 5) is 56.0. The molecule has 1 aromatic rings. The Labute approximate surface area is 223 Å². The zero-order valence-electron chi connectivity index (χ0n) is 22.6. The number of aliphatic hydroxyl groups is 2. The van der Waals surface area contributed by atoms with Crippen molar-refractivity contribution in [2.45, 2.75) is 82.7 Å². The van der Waals surface area contributed by atoms with E-state index < -0.39 is 47.6 Å². The minimum atomic E-state index is -1.36. The Morgan fingerprint density at radius 1 is 1.08 bits per heavy atom. The van der Waals surface area contributed by atoms with E-state index in [1.165, 1.54) is 23.6 Å².